The number of sulfonamides is 1. The average Bonchev–Trinajstić information content (AvgIpc) is 3.05. The Balaban J connectivity index is 1.90. The van der Waals surface area contributed by atoms with Gasteiger partial charge < -0.3 is 10.5 Å². The van der Waals surface area contributed by atoms with Gasteiger partial charge in [0.2, 0.25) is 11.7 Å². The Morgan fingerprint density at radius 3 is 2.42 bits per heavy atom. The van der Waals surface area contributed by atoms with Crippen LogP contribution in [0.3, 0.4) is 0 Å². The van der Waals surface area contributed by atoms with Crippen LogP contribution in [0.15, 0.2) is 47.5 Å². The molecule has 4 rings (SSSR count). The Morgan fingerprint density at radius 2 is 1.82 bits per heavy atom. The first-order valence-electron chi connectivity index (χ1n) is 11.3. The summed E-state index contributed by atoms with van der Waals surface area (Å²) in [6.45, 7) is 5.29. The molecule has 8 nitrogen and oxygen atoms in total. The molecule has 1 atom stereocenters. The van der Waals surface area contributed by atoms with E-state index in [0.717, 1.165) is 30.3 Å². The van der Waals surface area contributed by atoms with Crippen LogP contribution < -0.4 is 10.5 Å². The molecule has 3 aromatic rings. The van der Waals surface area contributed by atoms with Gasteiger partial charge in [-0.25, -0.2) is 31.6 Å². The van der Waals surface area contributed by atoms with Crippen LogP contribution in [0.2, 0.25) is 5.02 Å². The number of ether oxygens (including phenoxy) is 1. The maximum atomic E-state index is 15.9. The minimum Gasteiger partial charge on any atom is -0.476 e. The van der Waals surface area contributed by atoms with Crippen molar-refractivity contribution in [3.05, 3.63) is 76.3 Å². The third-order valence-corrected chi connectivity index (χ3v) is 7.34. The second kappa shape index (κ2) is 9.91. The van der Waals surface area contributed by atoms with E-state index in [2.05, 4.69) is 9.97 Å². The first-order valence-corrected chi connectivity index (χ1v) is 13.1. The predicted molar refractivity (Wildman–Crippen MR) is 136 cm³/mol. The second-order valence-electron chi connectivity index (χ2n) is 9.24. The number of benzene rings is 2. The van der Waals surface area contributed by atoms with Crippen molar-refractivity contribution in [3.8, 4) is 0 Å². The van der Waals surface area contributed by atoms with Crippen LogP contribution in [-0.2, 0) is 19.6 Å². The molecular weight excluding hydrogens is 545 g/mol. The van der Waals surface area contributed by atoms with E-state index in [4.69, 9.17) is 22.1 Å². The molecule has 1 unspecified atom stereocenters. The molecule has 2 aromatic carbocycles. The number of ketones is 1. The van der Waals surface area contributed by atoms with Crippen molar-refractivity contribution in [2.75, 3.05) is 10.5 Å². The van der Waals surface area contributed by atoms with Gasteiger partial charge in [0, 0.05) is 16.8 Å². The molecule has 0 saturated carbocycles. The topological polar surface area (TPSA) is 124 Å². The number of hydrogen-bond acceptors (Lipinski definition) is 7. The van der Waals surface area contributed by atoms with Crippen LogP contribution in [-0.4, -0.2) is 29.8 Å². The molecule has 0 aliphatic carbocycles. The highest BCUT2D eigenvalue weighted by molar-refractivity contribution is 7.92. The van der Waals surface area contributed by atoms with Gasteiger partial charge in [-0.3, -0.25) is 9.52 Å². The zero-order valence-corrected chi connectivity index (χ0v) is 21.9. The van der Waals surface area contributed by atoms with Gasteiger partial charge in [-0.15, -0.1) is 0 Å². The Labute approximate surface area is 221 Å². The molecule has 1 aromatic heterocycles. The van der Waals surface area contributed by atoms with Gasteiger partial charge in [-0.1, -0.05) is 31.5 Å². The number of nitrogens with two attached hydrogens (primary N) is 1. The summed E-state index contributed by atoms with van der Waals surface area (Å²) in [5, 5.41) is -0.174. The molecule has 3 N–H and O–H groups in total. The van der Waals surface area contributed by atoms with Crippen molar-refractivity contribution >= 4 is 50.4 Å². The van der Waals surface area contributed by atoms with Crippen molar-refractivity contribution in [3.63, 3.8) is 0 Å². The Kier molecular flexibility index (Phi) is 7.15. The number of halogens is 4. The van der Waals surface area contributed by atoms with Crippen LogP contribution in [0.5, 0.6) is 0 Å². The zero-order chi connectivity index (χ0) is 28.0. The molecule has 0 bridgehead atoms. The maximum Gasteiger partial charge on any atom is 0.267 e. The summed E-state index contributed by atoms with van der Waals surface area (Å²) in [6, 6.07) is 5.90. The lowest BCUT2D eigenvalue weighted by molar-refractivity contribution is -0.127. The lowest BCUT2D eigenvalue weighted by Crippen LogP contribution is -2.35. The van der Waals surface area contributed by atoms with E-state index in [9.17, 15) is 22.0 Å². The number of carbonyl (C=O) groups is 1. The lowest BCUT2D eigenvalue weighted by atomic mass is 9.86. The molecular formula is C25H22ClF3N4O4S. The molecule has 0 saturated heterocycles. The third-order valence-electron chi connectivity index (χ3n) is 5.71. The fraction of sp³-hybridized carbons (Fsp3) is 0.240. The molecule has 200 valence electrons. The molecule has 1 aliphatic rings. The number of anilines is 2. The van der Waals surface area contributed by atoms with E-state index < -0.39 is 55.0 Å². The highest BCUT2D eigenvalue weighted by atomic mass is 35.5. The van der Waals surface area contributed by atoms with Crippen LogP contribution in [0.1, 0.15) is 38.4 Å². The summed E-state index contributed by atoms with van der Waals surface area (Å²) in [5.41, 5.74) is 2.96. The van der Waals surface area contributed by atoms with Crippen molar-refractivity contribution in [1.82, 2.24) is 9.97 Å². The fourth-order valence-electron chi connectivity index (χ4n) is 4.31. The van der Waals surface area contributed by atoms with Gasteiger partial charge in [0.15, 0.2) is 22.1 Å². The number of rotatable bonds is 7. The molecule has 2 heterocycles. The molecule has 1 aliphatic heterocycles. The SMILES string of the molecule is CC(C)CC1(C)OC(c2ccnc(N)n2)=C(c2cc(Cl)cc(NS(=O)(=O)c3c(F)cccc3F)c2F)C1=O. The highest BCUT2D eigenvalue weighted by Crippen LogP contribution is 2.45. The van der Waals surface area contributed by atoms with E-state index in [0.29, 0.717) is 0 Å². The van der Waals surface area contributed by atoms with Gasteiger partial charge in [0.25, 0.3) is 10.0 Å². The predicted octanol–water partition coefficient (Wildman–Crippen LogP) is 5.20. The number of nitrogen functional groups attached to an aromatic ring is 1. The molecule has 13 heteroatoms. The van der Waals surface area contributed by atoms with E-state index >= 15 is 4.39 Å². The summed E-state index contributed by atoms with van der Waals surface area (Å²) in [4.78, 5) is 20.3. The highest BCUT2D eigenvalue weighted by Gasteiger charge is 2.48. The Morgan fingerprint density at radius 1 is 1.16 bits per heavy atom. The van der Waals surface area contributed by atoms with Gasteiger partial charge >= 0.3 is 0 Å². The average molecular weight is 567 g/mol. The summed E-state index contributed by atoms with van der Waals surface area (Å²) in [6.07, 6.45) is 1.58. The maximum absolute atomic E-state index is 15.9. The third kappa shape index (κ3) is 5.05. The smallest absolute Gasteiger partial charge is 0.267 e. The van der Waals surface area contributed by atoms with Crippen molar-refractivity contribution in [2.24, 2.45) is 5.92 Å². The van der Waals surface area contributed by atoms with E-state index in [1.54, 1.807) is 6.92 Å². The standard InChI is InChI=1S/C25H22ClF3N4O4S/c1-12(2)11-25(3)23(34)19(21(37-25)17-7-8-31-24(30)32-17)14-9-13(26)10-18(20(14)29)33-38(35,36)22-15(27)5-4-6-16(22)28/h4-10,12,33H,11H2,1-3H3,(H2,30,31,32). The lowest BCUT2D eigenvalue weighted by Gasteiger charge is -2.25. The fourth-order valence-corrected chi connectivity index (χ4v) is 5.72. The number of aromatic nitrogens is 2. The summed E-state index contributed by atoms with van der Waals surface area (Å²) in [7, 11) is -4.95. The van der Waals surface area contributed by atoms with Crippen LogP contribution >= 0.6 is 11.6 Å². The summed E-state index contributed by atoms with van der Waals surface area (Å²) in [5.74, 6) is -4.83. The summed E-state index contributed by atoms with van der Waals surface area (Å²) < 4.78 is 77.8. The van der Waals surface area contributed by atoms with Crippen LogP contribution in [0, 0.1) is 23.4 Å². The van der Waals surface area contributed by atoms with Crippen LogP contribution in [0.25, 0.3) is 11.3 Å². The number of carbonyl (C=O) groups excluding carboxylic acids is 1. The van der Waals surface area contributed by atoms with Crippen LogP contribution in [0.4, 0.5) is 24.8 Å². The molecule has 0 fully saturated rings. The first kappa shape index (κ1) is 27.4. The van der Waals surface area contributed by atoms with E-state index in [1.807, 2.05) is 18.6 Å². The van der Waals surface area contributed by atoms with Crippen molar-refractivity contribution in [2.45, 2.75) is 37.7 Å². The number of Topliss-reactive ketones (excluding diaryl/α,β-unsaturated/α-hetero) is 1. The molecule has 0 radical (unpaired) electrons. The zero-order valence-electron chi connectivity index (χ0n) is 20.4. The monoisotopic (exact) mass is 566 g/mol. The molecule has 0 amide bonds. The minimum atomic E-state index is -4.95. The largest absolute Gasteiger partial charge is 0.476 e. The van der Waals surface area contributed by atoms with E-state index in [1.165, 1.54) is 12.3 Å². The molecule has 38 heavy (non-hydrogen) atoms. The van der Waals surface area contributed by atoms with Gasteiger partial charge in [-0.05, 0) is 49.6 Å². The van der Waals surface area contributed by atoms with Gasteiger partial charge in [0.05, 0.1) is 11.3 Å². The van der Waals surface area contributed by atoms with Gasteiger partial charge in [-0.2, -0.15) is 0 Å². The Bertz CT molecular complexity index is 1580. The summed E-state index contributed by atoms with van der Waals surface area (Å²) >= 11 is 6.19. The first-order chi connectivity index (χ1) is 17.7. The minimum absolute atomic E-state index is 0.00210. The number of hydrogen-bond donors (Lipinski definition) is 2. The number of nitrogens with one attached hydrogen (secondary N) is 1. The van der Waals surface area contributed by atoms with Crippen molar-refractivity contribution < 1.29 is 31.1 Å². The van der Waals surface area contributed by atoms with Gasteiger partial charge in [0.1, 0.15) is 17.3 Å². The second-order valence-corrected chi connectivity index (χ2v) is 11.3. The number of nitrogens with zero attached hydrogens (tertiary/aromatic N) is 2. The Hall–Kier alpha value is -3.64. The van der Waals surface area contributed by atoms with Crippen molar-refractivity contribution in [1.29, 1.82) is 0 Å². The van der Waals surface area contributed by atoms with E-state index in [-0.39, 0.29) is 40.3 Å². The quantitative estimate of drug-likeness (QED) is 0.402. The normalized spacial score (nSPS) is 17.7. The molecule has 0 spiro atoms.